The summed E-state index contributed by atoms with van der Waals surface area (Å²) < 4.78 is 1.60. The Kier molecular flexibility index (Phi) is 6.67. The highest BCUT2D eigenvalue weighted by Crippen LogP contribution is 2.19. The van der Waals surface area contributed by atoms with Crippen molar-refractivity contribution in [1.29, 1.82) is 0 Å². The number of rotatable bonds is 6. The molecule has 28 heavy (non-hydrogen) atoms. The summed E-state index contributed by atoms with van der Waals surface area (Å²) in [6.07, 6.45) is 6.69. The van der Waals surface area contributed by atoms with Gasteiger partial charge in [-0.05, 0) is 25.5 Å². The van der Waals surface area contributed by atoms with Crippen molar-refractivity contribution in [1.82, 2.24) is 24.6 Å². The maximum Gasteiger partial charge on any atom is 0.266 e. The van der Waals surface area contributed by atoms with Crippen molar-refractivity contribution >= 4 is 17.5 Å². The van der Waals surface area contributed by atoms with E-state index in [0.29, 0.717) is 23.6 Å². The van der Waals surface area contributed by atoms with E-state index in [1.807, 2.05) is 6.07 Å². The second-order valence-corrected chi connectivity index (χ2v) is 8.76. The molecule has 0 amide bonds. The molecule has 1 fully saturated rings. The molecule has 152 valence electrons. The molecule has 1 aliphatic rings. The number of likely N-dealkylation sites (tertiary alicyclic amines) is 1. The lowest BCUT2D eigenvalue weighted by atomic mass is 9.92. The average molecular weight is 405 g/mol. The third-order valence-corrected chi connectivity index (χ3v) is 5.29. The quantitative estimate of drug-likeness (QED) is 0.797. The lowest BCUT2D eigenvalue weighted by Crippen LogP contribution is -2.46. The van der Waals surface area contributed by atoms with E-state index >= 15 is 0 Å². The number of anilines is 1. The lowest BCUT2D eigenvalue weighted by molar-refractivity contribution is 0.147. The summed E-state index contributed by atoms with van der Waals surface area (Å²) in [6.45, 7) is 9.51. The van der Waals surface area contributed by atoms with Crippen molar-refractivity contribution in [3.8, 4) is 0 Å². The van der Waals surface area contributed by atoms with E-state index in [9.17, 15) is 4.79 Å². The Hall–Kier alpha value is -1.99. The van der Waals surface area contributed by atoms with Crippen molar-refractivity contribution in [2.75, 3.05) is 25.0 Å². The predicted molar refractivity (Wildman–Crippen MR) is 112 cm³/mol. The normalized spacial score (nSPS) is 18.2. The molecule has 2 aromatic rings. The third-order valence-electron chi connectivity index (χ3n) is 5.10. The molecule has 0 aromatic carbocycles. The molecule has 0 radical (unpaired) electrons. The van der Waals surface area contributed by atoms with Crippen LogP contribution in [0.3, 0.4) is 0 Å². The maximum atomic E-state index is 12.2. The van der Waals surface area contributed by atoms with Crippen LogP contribution in [0.1, 0.15) is 45.7 Å². The Bertz CT molecular complexity index is 830. The second-order valence-electron chi connectivity index (χ2n) is 8.32. The van der Waals surface area contributed by atoms with Gasteiger partial charge in [-0.1, -0.05) is 38.8 Å². The van der Waals surface area contributed by atoms with Gasteiger partial charge in [0.1, 0.15) is 0 Å². The second kappa shape index (κ2) is 9.01. The standard InChI is InChI=1S/C20H29ClN6O/c1-20(2,3)17-7-8-18(28)27(25-17)11-10-26-9-5-4-6-16(26)14-24-19-22-12-15(21)13-23-19/h7-8,12-13,16H,4-6,9-11,14H2,1-3H3,(H,22,23,24). The number of hydrogen-bond acceptors (Lipinski definition) is 6. The van der Waals surface area contributed by atoms with Crippen LogP contribution in [0.4, 0.5) is 5.95 Å². The largest absolute Gasteiger partial charge is 0.353 e. The van der Waals surface area contributed by atoms with Crippen LogP contribution in [0.5, 0.6) is 0 Å². The number of nitrogens with zero attached hydrogens (tertiary/aromatic N) is 5. The zero-order valence-corrected chi connectivity index (χ0v) is 17.6. The highest BCUT2D eigenvalue weighted by Gasteiger charge is 2.23. The summed E-state index contributed by atoms with van der Waals surface area (Å²) in [5.41, 5.74) is 0.809. The van der Waals surface area contributed by atoms with Crippen molar-refractivity contribution in [3.63, 3.8) is 0 Å². The molecule has 0 saturated carbocycles. The van der Waals surface area contributed by atoms with Gasteiger partial charge in [-0.2, -0.15) is 5.10 Å². The Morgan fingerprint density at radius 1 is 1.18 bits per heavy atom. The smallest absolute Gasteiger partial charge is 0.266 e. The summed E-state index contributed by atoms with van der Waals surface area (Å²) in [6, 6.07) is 3.84. The summed E-state index contributed by atoms with van der Waals surface area (Å²) in [5, 5.41) is 8.42. The van der Waals surface area contributed by atoms with Crippen LogP contribution in [0.25, 0.3) is 0 Å². The summed E-state index contributed by atoms with van der Waals surface area (Å²) in [5.74, 6) is 0.589. The monoisotopic (exact) mass is 404 g/mol. The van der Waals surface area contributed by atoms with E-state index in [2.05, 4.69) is 46.1 Å². The molecular weight excluding hydrogens is 376 g/mol. The van der Waals surface area contributed by atoms with Crippen molar-refractivity contribution < 1.29 is 0 Å². The number of halogens is 1. The van der Waals surface area contributed by atoms with Gasteiger partial charge >= 0.3 is 0 Å². The van der Waals surface area contributed by atoms with Crippen molar-refractivity contribution in [3.05, 3.63) is 45.6 Å². The fourth-order valence-corrected chi connectivity index (χ4v) is 3.53. The molecule has 1 atom stereocenters. The molecule has 1 aliphatic heterocycles. The first-order valence-electron chi connectivity index (χ1n) is 9.87. The molecule has 0 bridgehead atoms. The number of aromatic nitrogens is 4. The average Bonchev–Trinajstić information content (AvgIpc) is 2.66. The highest BCUT2D eigenvalue weighted by molar-refractivity contribution is 6.30. The SMILES string of the molecule is CC(C)(C)c1ccc(=O)n(CCN2CCCCC2CNc2ncc(Cl)cn2)n1. The Labute approximate surface area is 171 Å². The van der Waals surface area contributed by atoms with Gasteiger partial charge in [-0.25, -0.2) is 14.6 Å². The summed E-state index contributed by atoms with van der Waals surface area (Å²) in [4.78, 5) is 23.1. The molecule has 3 heterocycles. The van der Waals surface area contributed by atoms with Gasteiger partial charge in [0.2, 0.25) is 5.95 Å². The molecule has 2 aromatic heterocycles. The summed E-state index contributed by atoms with van der Waals surface area (Å²) >= 11 is 5.84. The van der Waals surface area contributed by atoms with E-state index in [4.69, 9.17) is 11.6 Å². The van der Waals surface area contributed by atoms with Crippen LogP contribution in [-0.4, -0.2) is 50.3 Å². The van der Waals surface area contributed by atoms with Crippen LogP contribution in [-0.2, 0) is 12.0 Å². The van der Waals surface area contributed by atoms with Gasteiger partial charge in [0.05, 0.1) is 29.7 Å². The molecule has 8 heteroatoms. The van der Waals surface area contributed by atoms with Gasteiger partial charge in [0.15, 0.2) is 0 Å². The Morgan fingerprint density at radius 2 is 1.93 bits per heavy atom. The fourth-order valence-electron chi connectivity index (χ4n) is 3.43. The van der Waals surface area contributed by atoms with E-state index in [1.165, 1.54) is 12.8 Å². The van der Waals surface area contributed by atoms with E-state index in [1.54, 1.807) is 23.1 Å². The van der Waals surface area contributed by atoms with Crippen LogP contribution >= 0.6 is 11.6 Å². The molecule has 0 aliphatic carbocycles. The summed E-state index contributed by atoms with van der Waals surface area (Å²) in [7, 11) is 0. The first-order chi connectivity index (χ1) is 13.3. The van der Waals surface area contributed by atoms with Crippen LogP contribution in [0.15, 0.2) is 29.3 Å². The minimum atomic E-state index is -0.0778. The van der Waals surface area contributed by atoms with Gasteiger partial charge in [-0.15, -0.1) is 0 Å². The van der Waals surface area contributed by atoms with E-state index < -0.39 is 0 Å². The number of nitrogens with one attached hydrogen (secondary N) is 1. The number of hydrogen-bond donors (Lipinski definition) is 1. The Balaban J connectivity index is 1.62. The third kappa shape index (κ3) is 5.52. The molecule has 3 rings (SSSR count). The maximum absolute atomic E-state index is 12.2. The molecule has 1 unspecified atom stereocenters. The predicted octanol–water partition coefficient (Wildman–Crippen LogP) is 2.95. The molecule has 1 saturated heterocycles. The van der Waals surface area contributed by atoms with Gasteiger partial charge in [-0.3, -0.25) is 9.69 Å². The first-order valence-corrected chi connectivity index (χ1v) is 10.2. The topological polar surface area (TPSA) is 75.9 Å². The van der Waals surface area contributed by atoms with Crippen molar-refractivity contribution in [2.24, 2.45) is 0 Å². The van der Waals surface area contributed by atoms with Crippen molar-refractivity contribution in [2.45, 2.75) is 58.0 Å². The fraction of sp³-hybridized carbons (Fsp3) is 0.600. The van der Waals surface area contributed by atoms with Gasteiger partial charge in [0, 0.05) is 30.6 Å². The zero-order chi connectivity index (χ0) is 20.1. The van der Waals surface area contributed by atoms with Gasteiger partial charge < -0.3 is 5.32 Å². The lowest BCUT2D eigenvalue weighted by Gasteiger charge is -2.35. The molecular formula is C20H29ClN6O. The first kappa shape index (κ1) is 20.7. The Morgan fingerprint density at radius 3 is 2.64 bits per heavy atom. The minimum Gasteiger partial charge on any atom is -0.353 e. The van der Waals surface area contributed by atoms with Crippen LogP contribution < -0.4 is 10.9 Å². The van der Waals surface area contributed by atoms with Gasteiger partial charge in [0.25, 0.3) is 5.56 Å². The van der Waals surface area contributed by atoms with E-state index in [-0.39, 0.29) is 11.0 Å². The molecule has 0 spiro atoms. The highest BCUT2D eigenvalue weighted by atomic mass is 35.5. The zero-order valence-electron chi connectivity index (χ0n) is 16.9. The van der Waals surface area contributed by atoms with E-state index in [0.717, 1.165) is 31.7 Å². The minimum absolute atomic E-state index is 0.0470. The van der Waals surface area contributed by atoms with Crippen LogP contribution in [0.2, 0.25) is 5.02 Å². The molecule has 7 nitrogen and oxygen atoms in total. The molecule has 1 N–H and O–H groups in total. The number of piperidine rings is 1. The van der Waals surface area contributed by atoms with Crippen LogP contribution in [0, 0.1) is 0 Å².